The first-order valence-electron chi connectivity index (χ1n) is 4.47. The van der Waals surface area contributed by atoms with E-state index in [-0.39, 0.29) is 13.0 Å². The van der Waals surface area contributed by atoms with Crippen LogP contribution in [0.15, 0.2) is 30.3 Å². The Kier molecular flexibility index (Phi) is 3.86. The van der Waals surface area contributed by atoms with Crippen molar-refractivity contribution in [2.75, 3.05) is 6.61 Å². The van der Waals surface area contributed by atoms with Crippen molar-refractivity contribution in [2.24, 2.45) is 0 Å². The molecule has 0 radical (unpaired) electrons. The highest BCUT2D eigenvalue weighted by Crippen LogP contribution is 2.17. The Morgan fingerprint density at radius 3 is 2.29 bits per heavy atom. The maximum absolute atomic E-state index is 11.8. The zero-order valence-corrected chi connectivity index (χ0v) is 7.63. The van der Waals surface area contributed by atoms with Crippen LogP contribution in [0.4, 0.5) is 12.9 Å². The molecule has 0 aliphatic heterocycles. The molecule has 0 N–H and O–H groups in total. The first-order valence-corrected chi connectivity index (χ1v) is 4.47. The molecule has 0 fully saturated rings. The highest BCUT2D eigenvalue weighted by Gasteiger charge is 2.21. The van der Waals surface area contributed by atoms with E-state index in [1.54, 1.807) is 24.3 Å². The first kappa shape index (κ1) is 11.0. The van der Waals surface area contributed by atoms with Gasteiger partial charge in [-0.1, -0.05) is 24.5 Å². The van der Waals surface area contributed by atoms with E-state index in [1.807, 2.05) is 6.07 Å². The minimum absolute atomic E-state index is 0.0262. The first-order chi connectivity index (χ1) is 6.58. The van der Waals surface area contributed by atoms with Gasteiger partial charge < -0.3 is 17.7 Å². The monoisotopic (exact) mass is 203 g/mol. The maximum Gasteiger partial charge on any atom is 0.478 e. The Balaban J connectivity index is 2.17. The standard InChI is InChI=1S/C9H11BF3O/c11-10(12,13)7-4-8-14-9-5-2-1-3-6-9/h1-3,5-6H,4,7-8H2/q-1. The predicted octanol–water partition coefficient (Wildman–Crippen LogP) is 3.30. The van der Waals surface area contributed by atoms with Crippen molar-refractivity contribution < 1.29 is 17.7 Å². The largest absolute Gasteiger partial charge is 0.494 e. The van der Waals surface area contributed by atoms with Crippen LogP contribution in [0.5, 0.6) is 5.75 Å². The highest BCUT2D eigenvalue weighted by molar-refractivity contribution is 6.58. The Morgan fingerprint density at radius 1 is 1.07 bits per heavy atom. The molecule has 0 aliphatic carbocycles. The van der Waals surface area contributed by atoms with E-state index in [9.17, 15) is 12.9 Å². The summed E-state index contributed by atoms with van der Waals surface area (Å²) in [7, 11) is 0. The second-order valence-electron chi connectivity index (χ2n) is 3.01. The Labute approximate surface area is 80.9 Å². The summed E-state index contributed by atoms with van der Waals surface area (Å²) in [6, 6.07) is 8.83. The Bertz CT molecular complexity index is 261. The second kappa shape index (κ2) is 4.93. The summed E-state index contributed by atoms with van der Waals surface area (Å²) in [5, 5.41) is 0. The minimum Gasteiger partial charge on any atom is -0.494 e. The molecule has 0 amide bonds. The van der Waals surface area contributed by atoms with Gasteiger partial charge in [0.2, 0.25) is 0 Å². The normalized spacial score (nSPS) is 11.4. The molecule has 0 unspecified atom stereocenters. The SMILES string of the molecule is F[B-](F)(F)CCCOc1ccccc1. The van der Waals surface area contributed by atoms with Gasteiger partial charge in [0, 0.05) is 0 Å². The summed E-state index contributed by atoms with van der Waals surface area (Å²) < 4.78 is 40.5. The van der Waals surface area contributed by atoms with E-state index in [1.165, 1.54) is 0 Å². The second-order valence-corrected chi connectivity index (χ2v) is 3.01. The quantitative estimate of drug-likeness (QED) is 0.526. The van der Waals surface area contributed by atoms with Crippen molar-refractivity contribution in [3.8, 4) is 5.75 Å². The molecule has 1 rings (SSSR count). The summed E-state index contributed by atoms with van der Waals surface area (Å²) in [6.07, 6.45) is -0.703. The fraction of sp³-hybridized carbons (Fsp3) is 0.333. The van der Waals surface area contributed by atoms with E-state index in [0.29, 0.717) is 5.75 Å². The van der Waals surface area contributed by atoms with Crippen LogP contribution >= 0.6 is 0 Å². The van der Waals surface area contributed by atoms with Gasteiger partial charge in [-0.25, -0.2) is 0 Å². The van der Waals surface area contributed by atoms with Crippen LogP contribution in [0.2, 0.25) is 6.32 Å². The van der Waals surface area contributed by atoms with E-state index < -0.39 is 13.3 Å². The topological polar surface area (TPSA) is 9.23 Å². The Morgan fingerprint density at radius 2 is 1.71 bits per heavy atom. The van der Waals surface area contributed by atoms with Crippen LogP contribution in [0, 0.1) is 0 Å². The lowest BCUT2D eigenvalue weighted by molar-refractivity contribution is 0.310. The van der Waals surface area contributed by atoms with Gasteiger partial charge >= 0.3 is 6.98 Å². The molecular formula is C9H11BF3O-. The zero-order valence-electron chi connectivity index (χ0n) is 7.63. The van der Waals surface area contributed by atoms with Crippen molar-refractivity contribution in [1.29, 1.82) is 0 Å². The lowest BCUT2D eigenvalue weighted by atomic mass is 9.85. The minimum atomic E-state index is -4.66. The van der Waals surface area contributed by atoms with E-state index in [2.05, 4.69) is 0 Å². The molecule has 0 saturated carbocycles. The van der Waals surface area contributed by atoms with E-state index in [0.717, 1.165) is 0 Å². The average molecular weight is 203 g/mol. The summed E-state index contributed by atoms with van der Waals surface area (Å²) in [5.74, 6) is 0.613. The summed E-state index contributed by atoms with van der Waals surface area (Å²) in [6.45, 7) is -4.55. The van der Waals surface area contributed by atoms with Crippen LogP contribution < -0.4 is 4.74 Å². The molecule has 1 nitrogen and oxygen atoms in total. The number of halogens is 3. The molecule has 0 aliphatic rings. The Hall–Kier alpha value is -1.13. The predicted molar refractivity (Wildman–Crippen MR) is 50.4 cm³/mol. The highest BCUT2D eigenvalue weighted by atomic mass is 19.4. The number of hydrogen-bond donors (Lipinski definition) is 0. The third-order valence-electron chi connectivity index (χ3n) is 1.69. The van der Waals surface area contributed by atoms with Crippen LogP contribution in [-0.2, 0) is 0 Å². The summed E-state index contributed by atoms with van der Waals surface area (Å²) >= 11 is 0. The number of hydrogen-bond acceptors (Lipinski definition) is 1. The third kappa shape index (κ3) is 4.79. The van der Waals surface area contributed by atoms with E-state index in [4.69, 9.17) is 4.74 Å². The molecule has 0 bridgehead atoms. The number of ether oxygens (including phenoxy) is 1. The molecule has 14 heavy (non-hydrogen) atoms. The van der Waals surface area contributed by atoms with Crippen LogP contribution in [0.3, 0.4) is 0 Å². The average Bonchev–Trinajstić information content (AvgIpc) is 2.13. The van der Waals surface area contributed by atoms with Crippen molar-refractivity contribution in [2.45, 2.75) is 12.7 Å². The molecular weight excluding hydrogens is 192 g/mol. The van der Waals surface area contributed by atoms with Crippen molar-refractivity contribution in [3.05, 3.63) is 30.3 Å². The van der Waals surface area contributed by atoms with Crippen molar-refractivity contribution in [1.82, 2.24) is 0 Å². The lowest BCUT2D eigenvalue weighted by Gasteiger charge is -2.13. The van der Waals surface area contributed by atoms with Crippen molar-refractivity contribution in [3.63, 3.8) is 0 Å². The molecule has 1 aromatic rings. The lowest BCUT2D eigenvalue weighted by Crippen LogP contribution is -2.15. The van der Waals surface area contributed by atoms with Gasteiger partial charge in [-0.15, -0.1) is 0 Å². The number of para-hydroxylation sites is 1. The summed E-state index contributed by atoms with van der Waals surface area (Å²) in [4.78, 5) is 0. The van der Waals surface area contributed by atoms with Gasteiger partial charge in [0.05, 0.1) is 6.61 Å². The van der Waals surface area contributed by atoms with Gasteiger partial charge in [-0.3, -0.25) is 0 Å². The fourth-order valence-corrected chi connectivity index (χ4v) is 1.02. The van der Waals surface area contributed by atoms with Crippen LogP contribution in [0.25, 0.3) is 0 Å². The van der Waals surface area contributed by atoms with Gasteiger partial charge in [0.15, 0.2) is 0 Å². The molecule has 0 atom stereocenters. The van der Waals surface area contributed by atoms with Gasteiger partial charge in [-0.2, -0.15) is 0 Å². The number of rotatable bonds is 5. The maximum atomic E-state index is 11.8. The fourth-order valence-electron chi connectivity index (χ4n) is 1.02. The third-order valence-corrected chi connectivity index (χ3v) is 1.69. The van der Waals surface area contributed by atoms with Crippen LogP contribution in [-0.4, -0.2) is 13.6 Å². The molecule has 0 aromatic heterocycles. The zero-order chi connectivity index (χ0) is 10.4. The summed E-state index contributed by atoms with van der Waals surface area (Å²) in [5.41, 5.74) is 0. The van der Waals surface area contributed by atoms with Gasteiger partial charge in [-0.05, 0) is 18.6 Å². The molecule has 5 heteroatoms. The van der Waals surface area contributed by atoms with Gasteiger partial charge in [0.1, 0.15) is 5.75 Å². The molecule has 0 heterocycles. The molecule has 78 valence electrons. The number of benzene rings is 1. The van der Waals surface area contributed by atoms with Crippen molar-refractivity contribution >= 4 is 6.98 Å². The van der Waals surface area contributed by atoms with Gasteiger partial charge in [0.25, 0.3) is 0 Å². The molecule has 0 spiro atoms. The smallest absolute Gasteiger partial charge is 0.478 e. The van der Waals surface area contributed by atoms with E-state index >= 15 is 0 Å². The molecule has 1 aromatic carbocycles. The molecule has 0 saturated heterocycles. The van der Waals surface area contributed by atoms with Crippen LogP contribution in [0.1, 0.15) is 6.42 Å².